The van der Waals surface area contributed by atoms with Crippen LogP contribution >= 0.6 is 12.2 Å². The lowest BCUT2D eigenvalue weighted by atomic mass is 10.2. The number of thiocarbonyl (C=S) groups is 1. The van der Waals surface area contributed by atoms with Crippen molar-refractivity contribution in [2.24, 2.45) is 5.10 Å². The van der Waals surface area contributed by atoms with Crippen LogP contribution in [0.1, 0.15) is 15.9 Å². The van der Waals surface area contributed by atoms with Gasteiger partial charge in [0.2, 0.25) is 0 Å². The van der Waals surface area contributed by atoms with E-state index in [1.54, 1.807) is 55.7 Å². The molecular formula is C17H17N3O3S. The van der Waals surface area contributed by atoms with Crippen molar-refractivity contribution in [3.05, 3.63) is 59.7 Å². The predicted molar refractivity (Wildman–Crippen MR) is 96.8 cm³/mol. The van der Waals surface area contributed by atoms with Crippen molar-refractivity contribution in [2.45, 2.75) is 0 Å². The lowest BCUT2D eigenvalue weighted by Crippen LogP contribution is -2.28. The Kier molecular flexibility index (Phi) is 6.27. The summed E-state index contributed by atoms with van der Waals surface area (Å²) in [5.74, 6) is 0.318. The first-order chi connectivity index (χ1) is 11.6. The number of nitrogens with zero attached hydrogens (tertiary/aromatic N) is 1. The molecule has 2 rings (SSSR count). The summed E-state index contributed by atoms with van der Waals surface area (Å²) in [5.41, 5.74) is 3.88. The van der Waals surface area contributed by atoms with Gasteiger partial charge in [0.1, 0.15) is 0 Å². The van der Waals surface area contributed by atoms with Gasteiger partial charge in [0.15, 0.2) is 16.6 Å². The number of benzene rings is 2. The second-order valence-corrected chi connectivity index (χ2v) is 5.02. The highest BCUT2D eigenvalue weighted by Gasteiger charge is 2.12. The first-order valence-electron chi connectivity index (χ1n) is 7.10. The molecule has 0 unspecified atom stereocenters. The maximum absolute atomic E-state index is 12.1. The second-order valence-electron chi connectivity index (χ2n) is 4.61. The van der Waals surface area contributed by atoms with Crippen molar-refractivity contribution < 1.29 is 14.3 Å². The molecule has 0 radical (unpaired) electrons. The van der Waals surface area contributed by atoms with Gasteiger partial charge in [-0.1, -0.05) is 18.2 Å². The molecule has 0 aliphatic heterocycles. The van der Waals surface area contributed by atoms with Gasteiger partial charge in [0.05, 0.1) is 18.9 Å². The molecule has 0 amide bonds. The van der Waals surface area contributed by atoms with E-state index in [-0.39, 0.29) is 0 Å². The van der Waals surface area contributed by atoms with Gasteiger partial charge in [0.25, 0.3) is 0 Å². The van der Waals surface area contributed by atoms with E-state index in [4.69, 9.17) is 21.7 Å². The van der Waals surface area contributed by atoms with E-state index in [0.29, 0.717) is 22.2 Å². The van der Waals surface area contributed by atoms with E-state index in [9.17, 15) is 4.79 Å². The zero-order chi connectivity index (χ0) is 17.4. The Labute approximate surface area is 145 Å². The van der Waals surface area contributed by atoms with Gasteiger partial charge in [-0.3, -0.25) is 5.43 Å². The molecule has 0 aliphatic rings. The van der Waals surface area contributed by atoms with Crippen LogP contribution in [0.5, 0.6) is 11.5 Å². The van der Waals surface area contributed by atoms with Crippen LogP contribution in [0, 0.1) is 0 Å². The largest absolute Gasteiger partial charge is 0.493 e. The Bertz CT molecular complexity index is 748. The van der Waals surface area contributed by atoms with Crippen LogP contribution in [-0.2, 0) is 0 Å². The normalized spacial score (nSPS) is 10.2. The van der Waals surface area contributed by atoms with Gasteiger partial charge in [-0.05, 0) is 48.1 Å². The van der Waals surface area contributed by atoms with Crippen molar-refractivity contribution in [3.63, 3.8) is 0 Å². The highest BCUT2D eigenvalue weighted by molar-refractivity contribution is 7.80. The molecule has 0 saturated carbocycles. The standard InChI is InChI=1S/C17H17N3O3S/c1-18-17(24)20-19-11-12-8-9-14(15(10-12)22-2)23-16(21)13-6-4-3-5-7-13/h3-11H,1-2H3,(H2,18,20,24)/b19-11-. The number of ether oxygens (including phenoxy) is 2. The number of rotatable bonds is 5. The summed E-state index contributed by atoms with van der Waals surface area (Å²) >= 11 is 4.92. The molecule has 0 bridgehead atoms. The lowest BCUT2D eigenvalue weighted by molar-refractivity contribution is 0.0729. The van der Waals surface area contributed by atoms with Crippen molar-refractivity contribution in [2.75, 3.05) is 14.2 Å². The number of hydrazone groups is 1. The number of esters is 1. The molecule has 0 saturated heterocycles. The number of carbonyl (C=O) groups excluding carboxylic acids is 1. The van der Waals surface area contributed by atoms with Gasteiger partial charge in [-0.25, -0.2) is 4.79 Å². The van der Waals surface area contributed by atoms with Crippen molar-refractivity contribution in [1.29, 1.82) is 0 Å². The minimum atomic E-state index is -0.448. The SMILES string of the molecule is CNC(=S)N/N=C\c1ccc(OC(=O)c2ccccc2)c(OC)c1. The maximum Gasteiger partial charge on any atom is 0.343 e. The molecule has 0 atom stereocenters. The van der Waals surface area contributed by atoms with E-state index in [0.717, 1.165) is 5.56 Å². The third-order valence-corrected chi connectivity index (χ3v) is 3.30. The molecule has 0 aliphatic carbocycles. The zero-order valence-electron chi connectivity index (χ0n) is 13.3. The van der Waals surface area contributed by atoms with Gasteiger partial charge < -0.3 is 14.8 Å². The van der Waals surface area contributed by atoms with Crippen LogP contribution < -0.4 is 20.2 Å². The van der Waals surface area contributed by atoms with E-state index in [2.05, 4.69) is 15.8 Å². The van der Waals surface area contributed by atoms with Crippen LogP contribution in [-0.4, -0.2) is 31.5 Å². The van der Waals surface area contributed by atoms with E-state index in [1.165, 1.54) is 7.11 Å². The maximum atomic E-state index is 12.1. The number of carbonyl (C=O) groups is 1. The van der Waals surface area contributed by atoms with Gasteiger partial charge in [-0.2, -0.15) is 5.10 Å². The molecule has 7 heteroatoms. The van der Waals surface area contributed by atoms with Crippen LogP contribution in [0.25, 0.3) is 0 Å². The van der Waals surface area contributed by atoms with Crippen molar-refractivity contribution in [3.8, 4) is 11.5 Å². The Hall–Kier alpha value is -2.93. The fourth-order valence-electron chi connectivity index (χ4n) is 1.80. The Morgan fingerprint density at radius 2 is 1.92 bits per heavy atom. The van der Waals surface area contributed by atoms with Crippen molar-refractivity contribution >= 4 is 29.5 Å². The minimum Gasteiger partial charge on any atom is -0.493 e. The average molecular weight is 343 g/mol. The summed E-state index contributed by atoms with van der Waals surface area (Å²) in [7, 11) is 3.20. The molecule has 24 heavy (non-hydrogen) atoms. The summed E-state index contributed by atoms with van der Waals surface area (Å²) in [4.78, 5) is 12.1. The predicted octanol–water partition coefficient (Wildman–Crippen LogP) is 2.34. The minimum absolute atomic E-state index is 0.335. The van der Waals surface area contributed by atoms with Gasteiger partial charge >= 0.3 is 5.97 Å². The molecular weight excluding hydrogens is 326 g/mol. The molecule has 0 spiro atoms. The zero-order valence-corrected chi connectivity index (χ0v) is 14.1. The number of nitrogens with one attached hydrogen (secondary N) is 2. The Balaban J connectivity index is 2.11. The van der Waals surface area contributed by atoms with Crippen molar-refractivity contribution in [1.82, 2.24) is 10.7 Å². The second kappa shape index (κ2) is 8.64. The summed E-state index contributed by atoms with van der Waals surface area (Å²) in [6, 6.07) is 13.9. The summed E-state index contributed by atoms with van der Waals surface area (Å²) in [5, 5.41) is 7.14. The molecule has 0 fully saturated rings. The molecule has 2 N–H and O–H groups in total. The van der Waals surface area contributed by atoms with Crippen LogP contribution in [0.2, 0.25) is 0 Å². The summed E-state index contributed by atoms with van der Waals surface area (Å²) in [6.45, 7) is 0. The van der Waals surface area contributed by atoms with Gasteiger partial charge in [-0.15, -0.1) is 0 Å². The third kappa shape index (κ3) is 4.79. The Morgan fingerprint density at radius 3 is 2.58 bits per heavy atom. The fraction of sp³-hybridized carbons (Fsp3) is 0.118. The van der Waals surface area contributed by atoms with E-state index < -0.39 is 5.97 Å². The van der Waals surface area contributed by atoms with E-state index in [1.807, 2.05) is 6.07 Å². The van der Waals surface area contributed by atoms with Crippen LogP contribution in [0.3, 0.4) is 0 Å². The average Bonchev–Trinajstić information content (AvgIpc) is 2.63. The fourth-order valence-corrected chi connectivity index (χ4v) is 1.86. The van der Waals surface area contributed by atoms with Crippen LogP contribution in [0.4, 0.5) is 0 Å². The molecule has 6 nitrogen and oxygen atoms in total. The first-order valence-corrected chi connectivity index (χ1v) is 7.51. The van der Waals surface area contributed by atoms with Crippen LogP contribution in [0.15, 0.2) is 53.6 Å². The van der Waals surface area contributed by atoms with Gasteiger partial charge in [0, 0.05) is 7.05 Å². The molecule has 2 aromatic carbocycles. The highest BCUT2D eigenvalue weighted by atomic mass is 32.1. The third-order valence-electron chi connectivity index (χ3n) is 3.01. The molecule has 0 heterocycles. The number of hydrogen-bond donors (Lipinski definition) is 2. The summed E-state index contributed by atoms with van der Waals surface area (Å²) < 4.78 is 10.7. The molecule has 0 aromatic heterocycles. The Morgan fingerprint density at radius 1 is 1.17 bits per heavy atom. The highest BCUT2D eigenvalue weighted by Crippen LogP contribution is 2.28. The topological polar surface area (TPSA) is 72.0 Å². The number of methoxy groups -OCH3 is 1. The quantitative estimate of drug-likeness (QED) is 0.285. The monoisotopic (exact) mass is 343 g/mol. The first kappa shape index (κ1) is 17.4. The lowest BCUT2D eigenvalue weighted by Gasteiger charge is -2.10. The number of hydrogen-bond acceptors (Lipinski definition) is 5. The summed E-state index contributed by atoms with van der Waals surface area (Å²) in [6.07, 6.45) is 1.58. The van der Waals surface area contributed by atoms with E-state index >= 15 is 0 Å². The molecule has 2 aromatic rings. The smallest absolute Gasteiger partial charge is 0.343 e. The molecule has 124 valence electrons.